The summed E-state index contributed by atoms with van der Waals surface area (Å²) in [6, 6.07) is 1.95. The quantitative estimate of drug-likeness (QED) is 0.793. The van der Waals surface area contributed by atoms with E-state index in [4.69, 9.17) is 0 Å². The Labute approximate surface area is 130 Å². The molecule has 1 saturated heterocycles. The van der Waals surface area contributed by atoms with Crippen LogP contribution in [0.2, 0.25) is 0 Å². The molecule has 0 spiro atoms. The average Bonchev–Trinajstić information content (AvgIpc) is 3.04. The van der Waals surface area contributed by atoms with Crippen LogP contribution in [0.3, 0.4) is 0 Å². The van der Waals surface area contributed by atoms with Crippen LogP contribution in [0.15, 0.2) is 6.07 Å². The first-order valence-corrected chi connectivity index (χ1v) is 8.28. The maximum atomic E-state index is 11.9. The highest BCUT2D eigenvalue weighted by Crippen LogP contribution is 2.34. The predicted octanol–water partition coefficient (Wildman–Crippen LogP) is 1.97. The van der Waals surface area contributed by atoms with Crippen LogP contribution >= 0.6 is 22.7 Å². The van der Waals surface area contributed by atoms with Gasteiger partial charge >= 0.3 is 6.03 Å². The molecule has 0 aromatic carbocycles. The molecule has 1 aliphatic heterocycles. The van der Waals surface area contributed by atoms with Crippen LogP contribution in [0.4, 0.5) is 9.93 Å². The van der Waals surface area contributed by atoms with Crippen LogP contribution in [-0.2, 0) is 0 Å². The SMILES string of the molecule is CN(C)C(=O)N1CCN(c2nc3sc(C=O)cc3s2)CC1. The van der Waals surface area contributed by atoms with Crippen molar-refractivity contribution in [2.24, 2.45) is 0 Å². The van der Waals surface area contributed by atoms with Gasteiger partial charge in [0.2, 0.25) is 0 Å². The first-order valence-electron chi connectivity index (χ1n) is 6.65. The topological polar surface area (TPSA) is 56.8 Å². The van der Waals surface area contributed by atoms with Crippen LogP contribution < -0.4 is 4.90 Å². The molecule has 21 heavy (non-hydrogen) atoms. The third-order valence-corrected chi connectivity index (χ3v) is 5.56. The number of hydrogen-bond acceptors (Lipinski definition) is 6. The Morgan fingerprint density at radius 3 is 2.57 bits per heavy atom. The van der Waals surface area contributed by atoms with E-state index in [-0.39, 0.29) is 6.03 Å². The molecule has 3 heterocycles. The van der Waals surface area contributed by atoms with E-state index in [1.165, 1.54) is 11.3 Å². The van der Waals surface area contributed by atoms with Crippen molar-refractivity contribution >= 4 is 49.7 Å². The van der Waals surface area contributed by atoms with Gasteiger partial charge in [-0.1, -0.05) is 11.3 Å². The van der Waals surface area contributed by atoms with E-state index in [0.717, 1.165) is 38.9 Å². The number of thiophene rings is 1. The molecule has 1 aliphatic rings. The Morgan fingerprint density at radius 2 is 2.00 bits per heavy atom. The fourth-order valence-corrected chi connectivity index (χ4v) is 4.39. The van der Waals surface area contributed by atoms with Gasteiger partial charge in [0.1, 0.15) is 4.83 Å². The number of urea groups is 1. The number of amides is 2. The number of fused-ring (bicyclic) bond motifs is 1. The third kappa shape index (κ3) is 2.73. The highest BCUT2D eigenvalue weighted by Gasteiger charge is 2.24. The summed E-state index contributed by atoms with van der Waals surface area (Å²) in [4.78, 5) is 34.6. The number of rotatable bonds is 2. The Kier molecular flexibility index (Phi) is 3.81. The monoisotopic (exact) mass is 324 g/mol. The van der Waals surface area contributed by atoms with Crippen molar-refractivity contribution in [2.45, 2.75) is 0 Å². The second kappa shape index (κ2) is 5.61. The Morgan fingerprint density at radius 1 is 1.29 bits per heavy atom. The van der Waals surface area contributed by atoms with Crippen LogP contribution in [0.1, 0.15) is 9.67 Å². The van der Waals surface area contributed by atoms with E-state index in [1.807, 2.05) is 11.0 Å². The molecule has 0 aliphatic carbocycles. The Hall–Kier alpha value is -1.67. The molecule has 2 amide bonds. The summed E-state index contributed by atoms with van der Waals surface area (Å²) in [5.74, 6) is 0. The molecule has 0 bridgehead atoms. The maximum Gasteiger partial charge on any atom is 0.319 e. The third-order valence-electron chi connectivity index (χ3n) is 3.42. The van der Waals surface area contributed by atoms with E-state index < -0.39 is 0 Å². The normalized spacial score (nSPS) is 15.5. The number of aldehydes is 1. The highest BCUT2D eigenvalue weighted by molar-refractivity contribution is 7.29. The predicted molar refractivity (Wildman–Crippen MR) is 85.8 cm³/mol. The van der Waals surface area contributed by atoms with Gasteiger partial charge in [0.05, 0.1) is 9.58 Å². The average molecular weight is 324 g/mol. The second-order valence-electron chi connectivity index (χ2n) is 5.08. The summed E-state index contributed by atoms with van der Waals surface area (Å²) in [5, 5.41) is 0.977. The van der Waals surface area contributed by atoms with Crippen LogP contribution in [0, 0.1) is 0 Å². The van der Waals surface area contributed by atoms with E-state index in [0.29, 0.717) is 13.1 Å². The number of carbonyl (C=O) groups excluding carboxylic acids is 2. The molecule has 0 unspecified atom stereocenters. The summed E-state index contributed by atoms with van der Waals surface area (Å²) in [6.45, 7) is 3.01. The zero-order valence-electron chi connectivity index (χ0n) is 11.9. The number of anilines is 1. The van der Waals surface area contributed by atoms with Gasteiger partial charge < -0.3 is 14.7 Å². The molecule has 2 aromatic heterocycles. The molecule has 1 fully saturated rings. The Bertz CT molecular complexity index is 639. The standard InChI is InChI=1S/C13H16N4O2S2/c1-15(2)13(19)17-5-3-16(4-6-17)12-14-11-10(21-12)7-9(8-18)20-11/h7-8H,3-6H2,1-2H3. The smallest absolute Gasteiger partial charge is 0.319 e. The summed E-state index contributed by atoms with van der Waals surface area (Å²) in [7, 11) is 3.54. The van der Waals surface area contributed by atoms with Gasteiger partial charge in [-0.05, 0) is 6.07 Å². The molecule has 2 aromatic rings. The largest absolute Gasteiger partial charge is 0.344 e. The van der Waals surface area contributed by atoms with Crippen molar-refractivity contribution in [2.75, 3.05) is 45.2 Å². The minimum Gasteiger partial charge on any atom is -0.344 e. The molecule has 0 saturated carbocycles. The second-order valence-corrected chi connectivity index (χ2v) is 7.15. The minimum atomic E-state index is 0.0606. The zero-order chi connectivity index (χ0) is 15.0. The zero-order valence-corrected chi connectivity index (χ0v) is 13.5. The van der Waals surface area contributed by atoms with Gasteiger partial charge in [-0.3, -0.25) is 4.79 Å². The van der Waals surface area contributed by atoms with Crippen LogP contribution in [-0.4, -0.2) is 67.4 Å². The van der Waals surface area contributed by atoms with Crippen molar-refractivity contribution in [3.8, 4) is 0 Å². The van der Waals surface area contributed by atoms with Crippen molar-refractivity contribution < 1.29 is 9.59 Å². The number of nitrogens with zero attached hydrogens (tertiary/aromatic N) is 4. The minimum absolute atomic E-state index is 0.0606. The van der Waals surface area contributed by atoms with Gasteiger partial charge in [-0.2, -0.15) is 0 Å². The lowest BCUT2D eigenvalue weighted by Crippen LogP contribution is -2.51. The van der Waals surface area contributed by atoms with Crippen molar-refractivity contribution in [1.82, 2.24) is 14.8 Å². The first kappa shape index (κ1) is 14.3. The lowest BCUT2D eigenvalue weighted by molar-refractivity contribution is 0.112. The molecule has 8 heteroatoms. The summed E-state index contributed by atoms with van der Waals surface area (Å²) in [5.41, 5.74) is 0. The lowest BCUT2D eigenvalue weighted by atomic mass is 10.3. The molecule has 0 radical (unpaired) electrons. The van der Waals surface area contributed by atoms with Crippen molar-refractivity contribution in [3.63, 3.8) is 0 Å². The number of thiazole rings is 1. The van der Waals surface area contributed by atoms with Crippen molar-refractivity contribution in [1.29, 1.82) is 0 Å². The highest BCUT2D eigenvalue weighted by atomic mass is 32.1. The van der Waals surface area contributed by atoms with Gasteiger partial charge in [-0.25, -0.2) is 9.78 Å². The van der Waals surface area contributed by atoms with Gasteiger partial charge in [0, 0.05) is 40.3 Å². The summed E-state index contributed by atoms with van der Waals surface area (Å²) >= 11 is 3.03. The number of hydrogen-bond donors (Lipinski definition) is 0. The molecule has 112 valence electrons. The molecule has 0 N–H and O–H groups in total. The van der Waals surface area contributed by atoms with E-state index >= 15 is 0 Å². The molecule has 0 atom stereocenters. The summed E-state index contributed by atoms with van der Waals surface area (Å²) < 4.78 is 1.06. The van der Waals surface area contributed by atoms with E-state index in [2.05, 4.69) is 9.88 Å². The van der Waals surface area contributed by atoms with Gasteiger partial charge in [0.25, 0.3) is 0 Å². The van der Waals surface area contributed by atoms with Crippen LogP contribution in [0.25, 0.3) is 9.53 Å². The fourth-order valence-electron chi connectivity index (χ4n) is 2.31. The lowest BCUT2D eigenvalue weighted by Gasteiger charge is -2.35. The number of aromatic nitrogens is 1. The fraction of sp³-hybridized carbons (Fsp3) is 0.462. The van der Waals surface area contributed by atoms with Gasteiger partial charge in [-0.15, -0.1) is 11.3 Å². The van der Waals surface area contributed by atoms with Crippen molar-refractivity contribution in [3.05, 3.63) is 10.9 Å². The molecular formula is C13H16N4O2S2. The van der Waals surface area contributed by atoms with E-state index in [9.17, 15) is 9.59 Å². The number of piperazine rings is 1. The van der Waals surface area contributed by atoms with Crippen LogP contribution in [0.5, 0.6) is 0 Å². The first-order chi connectivity index (χ1) is 10.1. The van der Waals surface area contributed by atoms with E-state index in [1.54, 1.807) is 30.3 Å². The molecular weight excluding hydrogens is 308 g/mol. The maximum absolute atomic E-state index is 11.9. The summed E-state index contributed by atoms with van der Waals surface area (Å²) in [6.07, 6.45) is 0.865. The number of carbonyl (C=O) groups is 2. The molecule has 6 nitrogen and oxygen atoms in total. The van der Waals surface area contributed by atoms with Gasteiger partial charge in [0.15, 0.2) is 11.4 Å². The Balaban J connectivity index is 1.69. The molecule has 3 rings (SSSR count).